The van der Waals surface area contributed by atoms with Crippen molar-refractivity contribution in [1.82, 2.24) is 0 Å². The van der Waals surface area contributed by atoms with Gasteiger partial charge in [0.05, 0.1) is 0 Å². The van der Waals surface area contributed by atoms with Crippen LogP contribution in [0.4, 0.5) is 0 Å². The first-order chi connectivity index (χ1) is 11.4. The molecule has 152 valence electrons. The van der Waals surface area contributed by atoms with Crippen molar-refractivity contribution < 1.29 is 19.2 Å². The van der Waals surface area contributed by atoms with Crippen LogP contribution in [0.3, 0.4) is 0 Å². The van der Waals surface area contributed by atoms with Gasteiger partial charge >= 0.3 is 0 Å². The lowest BCUT2D eigenvalue weighted by Crippen LogP contribution is -2.28. The third kappa shape index (κ3) is 10.6. The smallest absolute Gasteiger partial charge is 0.162 e. The summed E-state index contributed by atoms with van der Waals surface area (Å²) in [4.78, 5) is 39.3. The van der Waals surface area contributed by atoms with Gasteiger partial charge in [0.2, 0.25) is 0 Å². The second-order valence-electron chi connectivity index (χ2n) is 10.5. The molecule has 0 saturated carbocycles. The summed E-state index contributed by atoms with van der Waals surface area (Å²) in [6.07, 6.45) is 7.11. The molecular weight excluding hydrogens is 381 g/mol. The minimum absolute atomic E-state index is 0.0151. The van der Waals surface area contributed by atoms with E-state index in [-0.39, 0.29) is 20.2 Å². The van der Waals surface area contributed by atoms with Gasteiger partial charge in [-0.25, -0.2) is 0 Å². The van der Waals surface area contributed by atoms with E-state index in [9.17, 15) is 19.2 Å². The Labute approximate surface area is 165 Å². The van der Waals surface area contributed by atoms with Crippen molar-refractivity contribution in [1.29, 1.82) is 0 Å². The number of rotatable bonds is 14. The van der Waals surface area contributed by atoms with Gasteiger partial charge in [0.15, 0.2) is 39.1 Å². The van der Waals surface area contributed by atoms with Crippen LogP contribution in [-0.4, -0.2) is 58.2 Å². The van der Waals surface area contributed by atoms with Crippen LogP contribution >= 0.6 is 0 Å². The van der Waals surface area contributed by atoms with E-state index in [2.05, 4.69) is 41.5 Å². The summed E-state index contributed by atoms with van der Waals surface area (Å²) in [5.74, 6) is 0. The van der Waals surface area contributed by atoms with E-state index in [4.69, 9.17) is 0 Å². The summed E-state index contributed by atoms with van der Waals surface area (Å²) >= 11 is 0. The average molecular weight is 425 g/mol. The molecule has 0 aromatic rings. The van der Waals surface area contributed by atoms with Gasteiger partial charge in [-0.3, -0.25) is 0 Å². The van der Waals surface area contributed by atoms with E-state index in [1.54, 1.807) is 0 Å². The fourth-order valence-corrected chi connectivity index (χ4v) is 7.04. The van der Waals surface area contributed by atoms with E-state index < -0.39 is 39.1 Å². The molecule has 0 spiro atoms. The first kappa shape index (κ1) is 25.7. The van der Waals surface area contributed by atoms with Crippen LogP contribution in [0, 0.1) is 0 Å². The molecule has 4 N–H and O–H groups in total. The zero-order valence-corrected chi connectivity index (χ0v) is 23.2. The fraction of sp³-hybridized carbons (Fsp3) is 1.00. The summed E-state index contributed by atoms with van der Waals surface area (Å²) in [6.45, 7) is 13.0. The molecule has 0 aromatic carbocycles. The highest BCUT2D eigenvalue weighted by molar-refractivity contribution is 6.33. The Morgan fingerprint density at radius 3 is 1.08 bits per heavy atom. The van der Waals surface area contributed by atoms with E-state index in [0.717, 1.165) is 44.9 Å². The summed E-state index contributed by atoms with van der Waals surface area (Å²) in [6, 6.07) is 0. The molecule has 4 nitrogen and oxygen atoms in total. The zero-order valence-electron chi connectivity index (χ0n) is 17.6. The van der Waals surface area contributed by atoms with Crippen molar-refractivity contribution in [3.63, 3.8) is 0 Å². The van der Waals surface area contributed by atoms with Crippen molar-refractivity contribution in [3.8, 4) is 0 Å². The van der Waals surface area contributed by atoms with Crippen molar-refractivity contribution in [2.45, 2.75) is 107 Å². The molecule has 8 heteroatoms. The molecule has 25 heavy (non-hydrogen) atoms. The minimum atomic E-state index is -1.16. The lowest BCUT2D eigenvalue weighted by molar-refractivity contribution is 0.332. The third-order valence-electron chi connectivity index (χ3n) is 5.74. The summed E-state index contributed by atoms with van der Waals surface area (Å²) in [7, 11) is -4.30. The Kier molecular flexibility index (Phi) is 11.2. The van der Waals surface area contributed by atoms with E-state index >= 15 is 0 Å². The topological polar surface area (TPSA) is 80.9 Å². The first-order valence-corrected chi connectivity index (χ1v) is 15.2. The molecule has 0 amide bonds. The Bertz CT molecular complexity index is 348. The van der Waals surface area contributed by atoms with E-state index in [1.165, 1.54) is 0 Å². The van der Waals surface area contributed by atoms with Gasteiger partial charge in [-0.1, -0.05) is 54.4 Å². The second-order valence-corrected chi connectivity index (χ2v) is 19.0. The molecule has 2 unspecified atom stereocenters. The second kappa shape index (κ2) is 10.9. The number of hydrogen-bond donors (Lipinski definition) is 4. The van der Waals surface area contributed by atoms with Crippen molar-refractivity contribution in [3.05, 3.63) is 0 Å². The molecule has 0 radical (unpaired) electrons. The summed E-state index contributed by atoms with van der Waals surface area (Å²) < 4.78 is 0. The summed E-state index contributed by atoms with van der Waals surface area (Å²) in [5.41, 5.74) is 0. The largest absolute Gasteiger partial charge is 0.438 e. The van der Waals surface area contributed by atoms with Gasteiger partial charge < -0.3 is 19.2 Å². The van der Waals surface area contributed by atoms with Crippen molar-refractivity contribution >= 4 is 39.1 Å². The molecule has 0 fully saturated rings. The van der Waals surface area contributed by atoms with Crippen LogP contribution in [0.2, 0.25) is 20.2 Å². The molecule has 0 aliphatic rings. The summed E-state index contributed by atoms with van der Waals surface area (Å²) in [5, 5.41) is 0.150. The fourth-order valence-electron chi connectivity index (χ4n) is 3.62. The Hall–Kier alpha value is 0.708. The Morgan fingerprint density at radius 1 is 0.520 bits per heavy atom. The highest BCUT2D eigenvalue weighted by Crippen LogP contribution is 2.49. The molecule has 0 rings (SSSR count). The minimum Gasteiger partial charge on any atom is -0.438 e. The van der Waals surface area contributed by atoms with Crippen LogP contribution < -0.4 is 0 Å². The SMILES string of the molecule is CC(C)(CCCC(C)(CC(C)(CCCC(C)(C)[SiH2]O)[SiH2]O)[SiH2]O)[SiH2]O. The van der Waals surface area contributed by atoms with Crippen molar-refractivity contribution in [2.75, 3.05) is 0 Å². The standard InChI is InChI=1S/C17H44O4Si4/c1-14(2,22-18)9-7-11-16(5,24-20)13-17(6,25-21)12-8-10-15(3,4)23-19/h18-21H,7-13,22-25H2,1-6H3. The van der Waals surface area contributed by atoms with E-state index in [0.29, 0.717) is 0 Å². The maximum atomic E-state index is 10.1. The molecule has 0 aromatic heterocycles. The quantitative estimate of drug-likeness (QED) is 0.311. The van der Waals surface area contributed by atoms with Crippen LogP contribution in [0.25, 0.3) is 0 Å². The molecular formula is C17H44O4Si4. The monoisotopic (exact) mass is 424 g/mol. The molecule has 0 heterocycles. The van der Waals surface area contributed by atoms with Crippen LogP contribution in [0.1, 0.15) is 86.5 Å². The van der Waals surface area contributed by atoms with Gasteiger partial charge in [0.1, 0.15) is 0 Å². The van der Waals surface area contributed by atoms with Gasteiger partial charge in [0.25, 0.3) is 0 Å². The zero-order chi connectivity index (χ0) is 19.8. The average Bonchev–Trinajstić information content (AvgIpc) is 2.54. The lowest BCUT2D eigenvalue weighted by atomic mass is 9.86. The molecule has 0 saturated heterocycles. The predicted octanol–water partition coefficient (Wildman–Crippen LogP) is 0.776. The van der Waals surface area contributed by atoms with E-state index in [1.807, 2.05) is 0 Å². The van der Waals surface area contributed by atoms with Gasteiger partial charge in [0, 0.05) is 0 Å². The first-order valence-electron chi connectivity index (χ1n) is 9.80. The van der Waals surface area contributed by atoms with Crippen LogP contribution in [0.15, 0.2) is 0 Å². The highest BCUT2D eigenvalue weighted by atomic mass is 28.2. The van der Waals surface area contributed by atoms with Gasteiger partial charge in [-0.15, -0.1) is 0 Å². The van der Waals surface area contributed by atoms with Crippen LogP contribution in [-0.2, 0) is 0 Å². The predicted molar refractivity (Wildman–Crippen MR) is 120 cm³/mol. The molecule has 0 aliphatic carbocycles. The van der Waals surface area contributed by atoms with Crippen LogP contribution in [0.5, 0.6) is 0 Å². The molecule has 2 atom stereocenters. The van der Waals surface area contributed by atoms with Gasteiger partial charge in [-0.2, -0.15) is 0 Å². The molecule has 0 aliphatic heterocycles. The lowest BCUT2D eigenvalue weighted by Gasteiger charge is -2.38. The van der Waals surface area contributed by atoms with Gasteiger partial charge in [-0.05, 0) is 52.3 Å². The third-order valence-corrected chi connectivity index (χ3v) is 10.9. The Morgan fingerprint density at radius 2 is 0.840 bits per heavy atom. The maximum absolute atomic E-state index is 10.1. The maximum Gasteiger partial charge on any atom is 0.162 e. The van der Waals surface area contributed by atoms with Crippen molar-refractivity contribution in [2.24, 2.45) is 0 Å². The number of hydrogen-bond acceptors (Lipinski definition) is 4. The normalized spacial score (nSPS) is 19.9. The Balaban J connectivity index is 4.68. The highest BCUT2D eigenvalue weighted by Gasteiger charge is 2.36. The molecule has 0 bridgehead atoms.